The van der Waals surface area contributed by atoms with Gasteiger partial charge in [-0.15, -0.1) is 5.10 Å². The van der Waals surface area contributed by atoms with Crippen molar-refractivity contribution < 1.29 is 4.42 Å². The number of piperidine rings is 1. The van der Waals surface area contributed by atoms with Crippen LogP contribution in [-0.4, -0.2) is 57.8 Å². The minimum absolute atomic E-state index is 0.448. The number of hydrogen-bond donors (Lipinski definition) is 3. The second-order valence-electron chi connectivity index (χ2n) is 7.67. The number of hydrogen-bond acceptors (Lipinski definition) is 5. The van der Waals surface area contributed by atoms with E-state index in [0.717, 1.165) is 24.4 Å². The first kappa shape index (κ1) is 19.0. The summed E-state index contributed by atoms with van der Waals surface area (Å²) in [4.78, 5) is 11.8. The molecule has 1 aliphatic heterocycles. The predicted molar refractivity (Wildman–Crippen MR) is 109 cm³/mol. The number of nitrogens with one attached hydrogen (secondary N) is 3. The number of nitrogens with zero attached hydrogens (tertiary/aromatic N) is 4. The summed E-state index contributed by atoms with van der Waals surface area (Å²) in [6, 6.07) is 4.98. The van der Waals surface area contributed by atoms with Crippen molar-refractivity contribution >= 4 is 5.96 Å². The Hall–Kier alpha value is -2.35. The molecule has 2 aromatic heterocycles. The predicted octanol–water partition coefficient (Wildman–Crippen LogP) is 2.53. The molecular formula is C20H31N7O. The molecule has 0 unspecified atom stereocenters. The third-order valence-corrected chi connectivity index (χ3v) is 5.72. The van der Waals surface area contributed by atoms with Crippen LogP contribution in [0.2, 0.25) is 0 Å². The summed E-state index contributed by atoms with van der Waals surface area (Å²) in [5.41, 5.74) is 0. The van der Waals surface area contributed by atoms with Gasteiger partial charge in [0.1, 0.15) is 12.4 Å². The molecule has 8 nitrogen and oxygen atoms in total. The summed E-state index contributed by atoms with van der Waals surface area (Å²) in [6.45, 7) is 5.75. The third kappa shape index (κ3) is 4.73. The van der Waals surface area contributed by atoms with E-state index in [4.69, 9.17) is 4.42 Å². The average Bonchev–Trinajstić information content (AvgIpc) is 3.49. The molecule has 152 valence electrons. The van der Waals surface area contributed by atoms with E-state index in [1.807, 2.05) is 12.1 Å². The van der Waals surface area contributed by atoms with Crippen LogP contribution >= 0.6 is 0 Å². The summed E-state index contributed by atoms with van der Waals surface area (Å²) in [7, 11) is 0. The Bertz CT molecular complexity index is 740. The monoisotopic (exact) mass is 385 g/mol. The fourth-order valence-corrected chi connectivity index (χ4v) is 4.23. The highest BCUT2D eigenvalue weighted by Gasteiger charge is 2.27. The Morgan fingerprint density at radius 2 is 2.11 bits per heavy atom. The molecule has 0 amide bonds. The number of furan rings is 1. The maximum Gasteiger partial charge on any atom is 0.216 e. The van der Waals surface area contributed by atoms with Gasteiger partial charge in [0.25, 0.3) is 0 Å². The number of guanidine groups is 1. The zero-order valence-corrected chi connectivity index (χ0v) is 16.7. The summed E-state index contributed by atoms with van der Waals surface area (Å²) in [5.74, 6) is 2.79. The van der Waals surface area contributed by atoms with Crippen molar-refractivity contribution in [2.45, 2.75) is 64.1 Å². The molecule has 0 aromatic carbocycles. The molecular weight excluding hydrogens is 354 g/mol. The van der Waals surface area contributed by atoms with Crippen molar-refractivity contribution in [3.8, 4) is 11.6 Å². The van der Waals surface area contributed by atoms with Crippen molar-refractivity contribution in [1.82, 2.24) is 30.7 Å². The van der Waals surface area contributed by atoms with Gasteiger partial charge in [0.2, 0.25) is 5.82 Å². The molecule has 0 spiro atoms. The number of aliphatic imine (C=N–C) groups is 1. The van der Waals surface area contributed by atoms with Gasteiger partial charge in [0.05, 0.1) is 6.26 Å². The Balaban J connectivity index is 1.30. The molecule has 0 radical (unpaired) electrons. The molecule has 2 aromatic rings. The Morgan fingerprint density at radius 1 is 1.29 bits per heavy atom. The number of likely N-dealkylation sites (tertiary alicyclic amines) is 1. The van der Waals surface area contributed by atoms with Crippen LogP contribution in [0.4, 0.5) is 0 Å². The minimum Gasteiger partial charge on any atom is -0.461 e. The maximum absolute atomic E-state index is 5.33. The first-order chi connectivity index (χ1) is 13.8. The van der Waals surface area contributed by atoms with Crippen LogP contribution < -0.4 is 10.6 Å². The molecule has 1 saturated carbocycles. The molecule has 2 aliphatic rings. The van der Waals surface area contributed by atoms with E-state index < -0.39 is 0 Å². The lowest BCUT2D eigenvalue weighted by Gasteiger charge is -2.36. The van der Waals surface area contributed by atoms with Crippen LogP contribution in [-0.2, 0) is 6.54 Å². The van der Waals surface area contributed by atoms with E-state index in [-0.39, 0.29) is 0 Å². The van der Waals surface area contributed by atoms with Crippen molar-refractivity contribution in [3.63, 3.8) is 0 Å². The quantitative estimate of drug-likeness (QED) is 0.523. The lowest BCUT2D eigenvalue weighted by Crippen LogP contribution is -2.50. The summed E-state index contributed by atoms with van der Waals surface area (Å²) < 4.78 is 5.33. The van der Waals surface area contributed by atoms with Gasteiger partial charge in [-0.1, -0.05) is 12.8 Å². The highest BCUT2D eigenvalue weighted by molar-refractivity contribution is 5.80. The first-order valence-electron chi connectivity index (χ1n) is 10.6. The second-order valence-corrected chi connectivity index (χ2v) is 7.67. The molecule has 1 aliphatic carbocycles. The van der Waals surface area contributed by atoms with Crippen molar-refractivity contribution in [2.24, 2.45) is 4.99 Å². The Labute approximate surface area is 166 Å². The highest BCUT2D eigenvalue weighted by atomic mass is 16.3. The summed E-state index contributed by atoms with van der Waals surface area (Å²) in [6.07, 6.45) is 9.55. The standard InChI is InChI=1S/C20H31N7O/c1-2-21-20(22-14-18-24-19(26-25-18)17-8-5-13-28-17)23-15-9-11-27(12-10-15)16-6-3-4-7-16/h5,8,13,15-16H,2-4,6-7,9-12,14H2,1H3,(H2,21,22,23)(H,24,25,26). The van der Waals surface area contributed by atoms with E-state index in [1.165, 1.54) is 51.6 Å². The van der Waals surface area contributed by atoms with Crippen LogP contribution in [0.3, 0.4) is 0 Å². The van der Waals surface area contributed by atoms with Gasteiger partial charge in [-0.2, -0.15) is 0 Å². The van der Waals surface area contributed by atoms with Crippen LogP contribution in [0.25, 0.3) is 11.6 Å². The Kier molecular flexibility index (Phi) is 6.26. The van der Waals surface area contributed by atoms with Gasteiger partial charge in [-0.25, -0.2) is 9.98 Å². The average molecular weight is 386 g/mol. The van der Waals surface area contributed by atoms with Crippen LogP contribution in [0.15, 0.2) is 27.8 Å². The van der Waals surface area contributed by atoms with E-state index in [2.05, 4.69) is 42.6 Å². The smallest absolute Gasteiger partial charge is 0.216 e. The topological polar surface area (TPSA) is 94.4 Å². The van der Waals surface area contributed by atoms with Crippen molar-refractivity contribution in [3.05, 3.63) is 24.2 Å². The number of H-pyrrole nitrogens is 1. The van der Waals surface area contributed by atoms with Gasteiger partial charge in [0, 0.05) is 31.7 Å². The van der Waals surface area contributed by atoms with Gasteiger partial charge < -0.3 is 20.0 Å². The number of aromatic nitrogens is 3. The molecule has 3 heterocycles. The van der Waals surface area contributed by atoms with E-state index in [1.54, 1.807) is 6.26 Å². The largest absolute Gasteiger partial charge is 0.461 e. The number of rotatable bonds is 6. The van der Waals surface area contributed by atoms with Gasteiger partial charge in [0.15, 0.2) is 11.7 Å². The zero-order valence-electron chi connectivity index (χ0n) is 16.7. The first-order valence-corrected chi connectivity index (χ1v) is 10.6. The molecule has 0 atom stereocenters. The van der Waals surface area contributed by atoms with Gasteiger partial charge in [-0.3, -0.25) is 5.10 Å². The lowest BCUT2D eigenvalue weighted by molar-refractivity contribution is 0.150. The van der Waals surface area contributed by atoms with Crippen LogP contribution in [0, 0.1) is 0 Å². The fraction of sp³-hybridized carbons (Fsp3) is 0.650. The molecule has 3 N–H and O–H groups in total. The fourth-order valence-electron chi connectivity index (χ4n) is 4.23. The molecule has 8 heteroatoms. The molecule has 2 fully saturated rings. The summed E-state index contributed by atoms with van der Waals surface area (Å²) in [5, 5.41) is 14.1. The van der Waals surface area contributed by atoms with Crippen molar-refractivity contribution in [1.29, 1.82) is 0 Å². The lowest BCUT2D eigenvalue weighted by atomic mass is 10.0. The molecule has 0 bridgehead atoms. The van der Waals surface area contributed by atoms with Crippen molar-refractivity contribution in [2.75, 3.05) is 19.6 Å². The highest BCUT2D eigenvalue weighted by Crippen LogP contribution is 2.26. The molecule has 28 heavy (non-hydrogen) atoms. The van der Waals surface area contributed by atoms with Gasteiger partial charge >= 0.3 is 0 Å². The van der Waals surface area contributed by atoms with Crippen LogP contribution in [0.1, 0.15) is 51.3 Å². The van der Waals surface area contributed by atoms with E-state index in [0.29, 0.717) is 24.2 Å². The second kappa shape index (κ2) is 9.23. The molecule has 1 saturated heterocycles. The molecule has 4 rings (SSSR count). The third-order valence-electron chi connectivity index (χ3n) is 5.72. The normalized spacial score (nSPS) is 20.0. The SMILES string of the molecule is CCNC(=NCc1nc(-c2ccco2)n[nH]1)NC1CCN(C2CCCC2)CC1. The maximum atomic E-state index is 5.33. The van der Waals surface area contributed by atoms with E-state index >= 15 is 0 Å². The van der Waals surface area contributed by atoms with Gasteiger partial charge in [-0.05, 0) is 44.7 Å². The zero-order chi connectivity index (χ0) is 19.2. The Morgan fingerprint density at radius 3 is 2.82 bits per heavy atom. The minimum atomic E-state index is 0.448. The summed E-state index contributed by atoms with van der Waals surface area (Å²) >= 11 is 0. The van der Waals surface area contributed by atoms with Crippen LogP contribution in [0.5, 0.6) is 0 Å². The van der Waals surface area contributed by atoms with E-state index in [9.17, 15) is 0 Å². The number of aromatic amines is 1.